The molecule has 2 heterocycles. The average Bonchev–Trinajstić information content (AvgIpc) is 2.63. The molecule has 2 rings (SSSR count). The minimum atomic E-state index is -0.0731. The number of amides is 2. The highest BCUT2D eigenvalue weighted by Gasteiger charge is 2.16. The van der Waals surface area contributed by atoms with Crippen molar-refractivity contribution in [3.63, 3.8) is 0 Å². The van der Waals surface area contributed by atoms with E-state index < -0.39 is 0 Å². The second-order valence-electron chi connectivity index (χ2n) is 3.90. The van der Waals surface area contributed by atoms with Crippen LogP contribution >= 0.6 is 22.9 Å². The number of thiophene rings is 1. The third-order valence-electron chi connectivity index (χ3n) is 2.61. The molecule has 0 aliphatic carbocycles. The summed E-state index contributed by atoms with van der Waals surface area (Å²) < 4.78 is 0.701. The molecular formula is C12H13ClN2O2S. The van der Waals surface area contributed by atoms with E-state index in [0.717, 1.165) is 4.88 Å². The van der Waals surface area contributed by atoms with Crippen molar-refractivity contribution in [2.45, 2.75) is 6.42 Å². The van der Waals surface area contributed by atoms with E-state index in [0.29, 0.717) is 30.4 Å². The fraction of sp³-hybridized carbons (Fsp3) is 0.333. The lowest BCUT2D eigenvalue weighted by Crippen LogP contribution is -2.32. The van der Waals surface area contributed by atoms with Gasteiger partial charge in [0.15, 0.2) is 0 Å². The van der Waals surface area contributed by atoms with Gasteiger partial charge in [-0.05, 0) is 18.2 Å². The van der Waals surface area contributed by atoms with Crippen LogP contribution in [-0.2, 0) is 9.59 Å². The SMILES string of the molecule is O=C1CCN(C(=O)C=Cc2ccc(Cl)s2)CCN1. The molecule has 1 N–H and O–H groups in total. The predicted octanol–water partition coefficient (Wildman–Crippen LogP) is 1.76. The minimum Gasteiger partial charge on any atom is -0.354 e. The largest absolute Gasteiger partial charge is 0.354 e. The zero-order valence-corrected chi connectivity index (χ0v) is 11.3. The van der Waals surface area contributed by atoms with E-state index in [-0.39, 0.29) is 11.8 Å². The van der Waals surface area contributed by atoms with Gasteiger partial charge in [-0.15, -0.1) is 11.3 Å². The quantitative estimate of drug-likeness (QED) is 0.842. The monoisotopic (exact) mass is 284 g/mol. The lowest BCUT2D eigenvalue weighted by atomic mass is 10.3. The van der Waals surface area contributed by atoms with Crippen molar-refractivity contribution in [3.8, 4) is 0 Å². The first-order valence-corrected chi connectivity index (χ1v) is 6.83. The smallest absolute Gasteiger partial charge is 0.246 e. The van der Waals surface area contributed by atoms with Crippen molar-refractivity contribution in [3.05, 3.63) is 27.4 Å². The topological polar surface area (TPSA) is 49.4 Å². The number of rotatable bonds is 2. The molecule has 0 unspecified atom stereocenters. The highest BCUT2D eigenvalue weighted by Crippen LogP contribution is 2.22. The van der Waals surface area contributed by atoms with Gasteiger partial charge in [0.05, 0.1) is 4.34 Å². The molecule has 1 aliphatic heterocycles. The van der Waals surface area contributed by atoms with Gasteiger partial charge in [0, 0.05) is 37.0 Å². The molecule has 1 fully saturated rings. The van der Waals surface area contributed by atoms with Gasteiger partial charge < -0.3 is 10.2 Å². The number of carbonyl (C=O) groups excluding carboxylic acids is 2. The van der Waals surface area contributed by atoms with Crippen molar-refractivity contribution in [1.29, 1.82) is 0 Å². The van der Waals surface area contributed by atoms with Gasteiger partial charge in [0.1, 0.15) is 0 Å². The molecule has 1 saturated heterocycles. The van der Waals surface area contributed by atoms with Crippen LogP contribution in [0, 0.1) is 0 Å². The van der Waals surface area contributed by atoms with Gasteiger partial charge in [0.2, 0.25) is 11.8 Å². The summed E-state index contributed by atoms with van der Waals surface area (Å²) in [6.07, 6.45) is 3.64. The van der Waals surface area contributed by atoms with E-state index in [1.54, 1.807) is 17.0 Å². The van der Waals surface area contributed by atoms with Crippen molar-refractivity contribution in [1.82, 2.24) is 10.2 Å². The lowest BCUT2D eigenvalue weighted by molar-refractivity contribution is -0.125. The highest BCUT2D eigenvalue weighted by molar-refractivity contribution is 7.17. The maximum atomic E-state index is 11.9. The summed E-state index contributed by atoms with van der Waals surface area (Å²) in [5.41, 5.74) is 0. The average molecular weight is 285 g/mol. The molecular weight excluding hydrogens is 272 g/mol. The molecule has 0 bridgehead atoms. The number of halogens is 1. The molecule has 96 valence electrons. The van der Waals surface area contributed by atoms with Crippen molar-refractivity contribution < 1.29 is 9.59 Å². The van der Waals surface area contributed by atoms with Crippen molar-refractivity contribution in [2.75, 3.05) is 19.6 Å². The van der Waals surface area contributed by atoms with Crippen LogP contribution in [0.3, 0.4) is 0 Å². The second-order valence-corrected chi connectivity index (χ2v) is 5.65. The molecule has 0 spiro atoms. The molecule has 1 aliphatic rings. The van der Waals surface area contributed by atoms with E-state index in [4.69, 9.17) is 11.6 Å². The molecule has 18 heavy (non-hydrogen) atoms. The highest BCUT2D eigenvalue weighted by atomic mass is 35.5. The van der Waals surface area contributed by atoms with Crippen LogP contribution in [0.1, 0.15) is 11.3 Å². The maximum Gasteiger partial charge on any atom is 0.246 e. The van der Waals surface area contributed by atoms with Crippen LogP contribution in [0.4, 0.5) is 0 Å². The third-order valence-corrected chi connectivity index (χ3v) is 3.80. The standard InChI is InChI=1S/C12H13ClN2O2S/c13-10-3-1-9(18-10)2-4-12(17)15-7-5-11(16)14-6-8-15/h1-4H,5-8H2,(H,14,16). The first-order valence-electron chi connectivity index (χ1n) is 5.64. The first-order chi connectivity index (χ1) is 8.65. The zero-order chi connectivity index (χ0) is 13.0. The molecule has 0 atom stereocenters. The van der Waals surface area contributed by atoms with Gasteiger partial charge in [-0.3, -0.25) is 9.59 Å². The van der Waals surface area contributed by atoms with Crippen LogP contribution < -0.4 is 5.32 Å². The van der Waals surface area contributed by atoms with Crippen molar-refractivity contribution in [2.24, 2.45) is 0 Å². The number of hydrogen-bond acceptors (Lipinski definition) is 3. The maximum absolute atomic E-state index is 11.9. The van der Waals surface area contributed by atoms with Crippen LogP contribution in [0.2, 0.25) is 4.34 Å². The molecule has 4 nitrogen and oxygen atoms in total. The Bertz CT molecular complexity index is 484. The third kappa shape index (κ3) is 3.58. The molecule has 2 amide bonds. The van der Waals surface area contributed by atoms with Crippen LogP contribution in [0.15, 0.2) is 18.2 Å². The molecule has 0 saturated carbocycles. The normalized spacial score (nSPS) is 16.7. The van der Waals surface area contributed by atoms with Crippen LogP contribution in [0.25, 0.3) is 6.08 Å². The van der Waals surface area contributed by atoms with Crippen LogP contribution in [-0.4, -0.2) is 36.3 Å². The summed E-state index contributed by atoms with van der Waals surface area (Å²) in [6.45, 7) is 1.55. The van der Waals surface area contributed by atoms with E-state index in [9.17, 15) is 9.59 Å². The van der Waals surface area contributed by atoms with E-state index >= 15 is 0 Å². The predicted molar refractivity (Wildman–Crippen MR) is 72.6 cm³/mol. The van der Waals surface area contributed by atoms with E-state index in [1.165, 1.54) is 17.4 Å². The summed E-state index contributed by atoms with van der Waals surface area (Å²) in [5.74, 6) is -0.0738. The molecule has 1 aromatic rings. The number of nitrogens with zero attached hydrogens (tertiary/aromatic N) is 1. The minimum absolute atomic E-state index is 0.000631. The Morgan fingerprint density at radius 1 is 1.44 bits per heavy atom. The van der Waals surface area contributed by atoms with Crippen LogP contribution in [0.5, 0.6) is 0 Å². The van der Waals surface area contributed by atoms with Gasteiger partial charge in [-0.25, -0.2) is 0 Å². The summed E-state index contributed by atoms with van der Waals surface area (Å²) in [6, 6.07) is 3.66. The Labute approximate surface area is 114 Å². The Morgan fingerprint density at radius 2 is 2.28 bits per heavy atom. The fourth-order valence-corrected chi connectivity index (χ4v) is 2.63. The van der Waals surface area contributed by atoms with Crippen molar-refractivity contribution >= 4 is 40.8 Å². The molecule has 1 aromatic heterocycles. The van der Waals surface area contributed by atoms with E-state index in [1.807, 2.05) is 6.07 Å². The summed E-state index contributed by atoms with van der Waals surface area (Å²) in [5, 5.41) is 2.73. The van der Waals surface area contributed by atoms with E-state index in [2.05, 4.69) is 5.32 Å². The summed E-state index contributed by atoms with van der Waals surface area (Å²) in [7, 11) is 0. The van der Waals surface area contributed by atoms with Gasteiger partial charge >= 0.3 is 0 Å². The first kappa shape index (κ1) is 13.1. The summed E-state index contributed by atoms with van der Waals surface area (Å²) in [4.78, 5) is 25.7. The number of carbonyl (C=O) groups is 2. The molecule has 0 aromatic carbocycles. The van der Waals surface area contributed by atoms with Gasteiger partial charge in [-0.2, -0.15) is 0 Å². The zero-order valence-electron chi connectivity index (χ0n) is 9.69. The second kappa shape index (κ2) is 6.02. The Balaban J connectivity index is 1.94. The Hall–Kier alpha value is -1.33. The van der Waals surface area contributed by atoms with Gasteiger partial charge in [0.25, 0.3) is 0 Å². The summed E-state index contributed by atoms with van der Waals surface area (Å²) >= 11 is 7.23. The Kier molecular flexibility index (Phi) is 4.38. The fourth-order valence-electron chi connectivity index (χ4n) is 1.66. The number of nitrogens with one attached hydrogen (secondary N) is 1. The molecule has 6 heteroatoms. The Morgan fingerprint density at radius 3 is 3.00 bits per heavy atom. The number of hydrogen-bond donors (Lipinski definition) is 1. The van der Waals surface area contributed by atoms with Gasteiger partial charge in [-0.1, -0.05) is 11.6 Å². The lowest BCUT2D eigenvalue weighted by Gasteiger charge is -2.16. The molecule has 0 radical (unpaired) electrons.